The second-order valence-corrected chi connectivity index (χ2v) is 5.01. The van der Waals surface area contributed by atoms with E-state index in [1.807, 2.05) is 0 Å². The number of aromatic nitrogens is 1. The summed E-state index contributed by atoms with van der Waals surface area (Å²) in [4.78, 5) is 3.65. The minimum Gasteiger partial charge on any atom is -0.388 e. The van der Waals surface area contributed by atoms with Crippen molar-refractivity contribution in [2.45, 2.75) is 39.7 Å². The van der Waals surface area contributed by atoms with Crippen LogP contribution in [0.25, 0.3) is 0 Å². The van der Waals surface area contributed by atoms with Crippen molar-refractivity contribution in [2.75, 3.05) is 0 Å². The molecule has 0 bridgehead atoms. The largest absolute Gasteiger partial charge is 0.388 e. The molecule has 0 aliphatic rings. The Kier molecular flexibility index (Phi) is 3.80. The van der Waals surface area contributed by atoms with E-state index < -0.39 is 11.9 Å². The zero-order chi connectivity index (χ0) is 11.5. The summed E-state index contributed by atoms with van der Waals surface area (Å²) in [7, 11) is 0. The van der Waals surface area contributed by atoms with Crippen LogP contribution in [0.3, 0.4) is 0 Å². The van der Waals surface area contributed by atoms with Gasteiger partial charge in [0.2, 0.25) is 0 Å². The Hall–Kier alpha value is -0.960. The number of hydrogen-bond acceptors (Lipinski definition) is 2. The first-order valence-electron chi connectivity index (χ1n) is 5.17. The number of pyridine rings is 1. The van der Waals surface area contributed by atoms with Crippen molar-refractivity contribution in [3.63, 3.8) is 0 Å². The van der Waals surface area contributed by atoms with Crippen LogP contribution in [0.5, 0.6) is 0 Å². The Balaban J connectivity index is 2.62. The number of rotatable bonds is 3. The second kappa shape index (κ2) is 4.71. The van der Waals surface area contributed by atoms with Gasteiger partial charge < -0.3 is 5.11 Å². The van der Waals surface area contributed by atoms with Gasteiger partial charge in [-0.25, -0.2) is 4.39 Å². The van der Waals surface area contributed by atoms with Gasteiger partial charge in [0, 0.05) is 11.8 Å². The molecule has 1 aromatic rings. The molecule has 0 saturated carbocycles. The van der Waals surface area contributed by atoms with Gasteiger partial charge in [0.15, 0.2) is 0 Å². The summed E-state index contributed by atoms with van der Waals surface area (Å²) in [5.41, 5.74) is 0.499. The molecule has 2 nitrogen and oxygen atoms in total. The molecule has 0 aliphatic heterocycles. The molecule has 0 aromatic carbocycles. The van der Waals surface area contributed by atoms with Crippen molar-refractivity contribution < 1.29 is 9.50 Å². The van der Waals surface area contributed by atoms with Gasteiger partial charge in [-0.1, -0.05) is 20.8 Å². The van der Waals surface area contributed by atoms with Crippen molar-refractivity contribution in [1.29, 1.82) is 0 Å². The minimum atomic E-state index is -0.729. The predicted octanol–water partition coefficient (Wildman–Crippen LogP) is 3.08. The summed E-state index contributed by atoms with van der Waals surface area (Å²) in [5, 5.41) is 9.80. The third-order valence-electron chi connectivity index (χ3n) is 2.33. The predicted molar refractivity (Wildman–Crippen MR) is 57.8 cm³/mol. The van der Waals surface area contributed by atoms with Crippen LogP contribution in [0.15, 0.2) is 18.5 Å². The van der Waals surface area contributed by atoms with Gasteiger partial charge in [-0.15, -0.1) is 0 Å². The van der Waals surface area contributed by atoms with Gasteiger partial charge in [0.05, 0.1) is 12.3 Å². The molecular weight excluding hydrogens is 193 g/mol. The fourth-order valence-corrected chi connectivity index (χ4v) is 1.38. The summed E-state index contributed by atoms with van der Waals surface area (Å²) in [6.45, 7) is 6.30. The smallest absolute Gasteiger partial charge is 0.147 e. The van der Waals surface area contributed by atoms with Crippen LogP contribution in [0.4, 0.5) is 4.39 Å². The Bertz CT molecular complexity index is 320. The average Bonchev–Trinajstić information content (AvgIpc) is 2.14. The van der Waals surface area contributed by atoms with Gasteiger partial charge >= 0.3 is 0 Å². The number of aliphatic hydroxyl groups excluding tert-OH is 1. The molecule has 0 spiro atoms. The highest BCUT2D eigenvalue weighted by atomic mass is 19.1. The van der Waals surface area contributed by atoms with Crippen molar-refractivity contribution in [2.24, 2.45) is 5.41 Å². The first-order valence-corrected chi connectivity index (χ1v) is 5.17. The summed E-state index contributed by atoms with van der Waals surface area (Å²) in [5.74, 6) is -0.432. The summed E-state index contributed by atoms with van der Waals surface area (Å²) >= 11 is 0. The highest BCUT2D eigenvalue weighted by Gasteiger charge is 2.17. The second-order valence-electron chi connectivity index (χ2n) is 5.01. The lowest BCUT2D eigenvalue weighted by atomic mass is 9.88. The van der Waals surface area contributed by atoms with Gasteiger partial charge in [0.1, 0.15) is 5.82 Å². The minimum absolute atomic E-state index is 0.157. The molecular formula is C12H18FNO. The fraction of sp³-hybridized carbons (Fsp3) is 0.583. The third kappa shape index (κ3) is 3.96. The molecule has 15 heavy (non-hydrogen) atoms. The number of aliphatic hydroxyl groups is 1. The SMILES string of the molecule is CC(C)(C)CCC(O)c1ccncc1F. The van der Waals surface area contributed by atoms with Crippen LogP contribution in [0, 0.1) is 11.2 Å². The third-order valence-corrected chi connectivity index (χ3v) is 2.33. The van der Waals surface area contributed by atoms with Crippen molar-refractivity contribution >= 4 is 0 Å². The van der Waals surface area contributed by atoms with E-state index in [9.17, 15) is 9.50 Å². The van der Waals surface area contributed by atoms with E-state index in [2.05, 4.69) is 25.8 Å². The Labute approximate surface area is 90.2 Å². The fourth-order valence-electron chi connectivity index (χ4n) is 1.38. The molecule has 0 aliphatic carbocycles. The van der Waals surface area contributed by atoms with Gasteiger partial charge in [0.25, 0.3) is 0 Å². The van der Waals surface area contributed by atoms with E-state index in [0.717, 1.165) is 12.6 Å². The van der Waals surface area contributed by atoms with E-state index >= 15 is 0 Å². The molecule has 84 valence electrons. The molecule has 1 N–H and O–H groups in total. The van der Waals surface area contributed by atoms with Crippen LogP contribution in [0.1, 0.15) is 45.3 Å². The number of halogens is 1. The monoisotopic (exact) mass is 211 g/mol. The van der Waals surface area contributed by atoms with E-state index in [-0.39, 0.29) is 5.41 Å². The zero-order valence-corrected chi connectivity index (χ0v) is 9.50. The Morgan fingerprint density at radius 1 is 1.47 bits per heavy atom. The molecule has 1 unspecified atom stereocenters. The van der Waals surface area contributed by atoms with E-state index in [0.29, 0.717) is 12.0 Å². The van der Waals surface area contributed by atoms with E-state index in [1.54, 1.807) is 0 Å². The van der Waals surface area contributed by atoms with Gasteiger partial charge in [-0.2, -0.15) is 0 Å². The number of nitrogens with zero attached hydrogens (tertiary/aromatic N) is 1. The molecule has 3 heteroatoms. The first kappa shape index (κ1) is 12.1. The molecule has 0 fully saturated rings. The van der Waals surface area contributed by atoms with Crippen LogP contribution in [-0.4, -0.2) is 10.1 Å². The summed E-state index contributed by atoms with van der Waals surface area (Å²) < 4.78 is 13.2. The number of hydrogen-bond donors (Lipinski definition) is 1. The maximum absolute atomic E-state index is 13.2. The van der Waals surface area contributed by atoms with Crippen LogP contribution in [-0.2, 0) is 0 Å². The summed E-state index contributed by atoms with van der Waals surface area (Å²) in [6.07, 6.45) is 3.33. The topological polar surface area (TPSA) is 33.1 Å². The van der Waals surface area contributed by atoms with Crippen LogP contribution in [0.2, 0.25) is 0 Å². The van der Waals surface area contributed by atoms with Gasteiger partial charge in [-0.05, 0) is 24.3 Å². The highest BCUT2D eigenvalue weighted by Crippen LogP contribution is 2.27. The van der Waals surface area contributed by atoms with E-state index in [1.165, 1.54) is 12.3 Å². The lowest BCUT2D eigenvalue weighted by Gasteiger charge is -2.20. The van der Waals surface area contributed by atoms with E-state index in [4.69, 9.17) is 0 Å². The molecule has 1 rings (SSSR count). The quantitative estimate of drug-likeness (QED) is 0.833. The van der Waals surface area contributed by atoms with Crippen molar-refractivity contribution in [3.8, 4) is 0 Å². The van der Waals surface area contributed by atoms with Crippen molar-refractivity contribution in [3.05, 3.63) is 29.8 Å². The first-order chi connectivity index (χ1) is 6.90. The maximum atomic E-state index is 13.2. The normalized spacial score (nSPS) is 13.9. The molecule has 0 amide bonds. The standard InChI is InChI=1S/C12H18FNO/c1-12(2,3)6-4-11(15)9-5-7-14-8-10(9)13/h5,7-8,11,15H,4,6H2,1-3H3. The Morgan fingerprint density at radius 2 is 2.13 bits per heavy atom. The molecule has 1 atom stereocenters. The Morgan fingerprint density at radius 3 is 2.67 bits per heavy atom. The average molecular weight is 211 g/mol. The van der Waals surface area contributed by atoms with Gasteiger partial charge in [-0.3, -0.25) is 4.98 Å². The van der Waals surface area contributed by atoms with Crippen LogP contribution >= 0.6 is 0 Å². The zero-order valence-electron chi connectivity index (χ0n) is 9.50. The molecule has 1 heterocycles. The van der Waals surface area contributed by atoms with Crippen LogP contribution < -0.4 is 0 Å². The lowest BCUT2D eigenvalue weighted by Crippen LogP contribution is -2.09. The molecule has 0 radical (unpaired) electrons. The highest BCUT2D eigenvalue weighted by molar-refractivity contribution is 5.15. The lowest BCUT2D eigenvalue weighted by molar-refractivity contribution is 0.143. The molecule has 0 saturated heterocycles. The van der Waals surface area contributed by atoms with Crippen molar-refractivity contribution in [1.82, 2.24) is 4.98 Å². The molecule has 1 aromatic heterocycles. The maximum Gasteiger partial charge on any atom is 0.147 e. The summed E-state index contributed by atoms with van der Waals surface area (Å²) in [6, 6.07) is 1.53.